The Kier molecular flexibility index (Phi) is 4.65. The van der Waals surface area contributed by atoms with Crippen molar-refractivity contribution in [3.05, 3.63) is 29.8 Å². The monoisotopic (exact) mass is 246 g/mol. The van der Waals surface area contributed by atoms with Crippen molar-refractivity contribution in [2.45, 2.75) is 45.1 Å². The van der Waals surface area contributed by atoms with Crippen LogP contribution in [-0.2, 0) is 0 Å². The Balaban J connectivity index is 1.97. The van der Waals surface area contributed by atoms with Gasteiger partial charge in [0.1, 0.15) is 0 Å². The third-order valence-corrected chi connectivity index (χ3v) is 4.03. The van der Waals surface area contributed by atoms with Crippen LogP contribution in [0.1, 0.15) is 44.6 Å². The van der Waals surface area contributed by atoms with E-state index in [2.05, 4.69) is 55.4 Å². The highest BCUT2D eigenvalue weighted by molar-refractivity contribution is 5.52. The first kappa shape index (κ1) is 13.4. The minimum atomic E-state index is 0.581. The van der Waals surface area contributed by atoms with E-state index < -0.39 is 0 Å². The molecule has 0 aromatic heterocycles. The van der Waals surface area contributed by atoms with E-state index in [1.807, 2.05) is 0 Å². The van der Waals surface area contributed by atoms with Gasteiger partial charge in [0.05, 0.1) is 0 Å². The van der Waals surface area contributed by atoms with Gasteiger partial charge in [0, 0.05) is 18.3 Å². The van der Waals surface area contributed by atoms with Crippen LogP contribution in [-0.4, -0.2) is 31.1 Å². The van der Waals surface area contributed by atoms with E-state index in [1.54, 1.807) is 0 Å². The highest BCUT2D eigenvalue weighted by atomic mass is 15.2. The Morgan fingerprint density at radius 1 is 1.28 bits per heavy atom. The number of nitrogens with one attached hydrogen (secondary N) is 1. The van der Waals surface area contributed by atoms with Crippen molar-refractivity contribution in [2.24, 2.45) is 0 Å². The maximum absolute atomic E-state index is 3.65. The summed E-state index contributed by atoms with van der Waals surface area (Å²) in [6.45, 7) is 6.83. The van der Waals surface area contributed by atoms with Crippen molar-refractivity contribution in [3.8, 4) is 0 Å². The van der Waals surface area contributed by atoms with Gasteiger partial charge in [0.15, 0.2) is 0 Å². The summed E-state index contributed by atoms with van der Waals surface area (Å²) in [5.74, 6) is 0.581. The predicted octanol–water partition coefficient (Wildman–Crippen LogP) is 3.71. The van der Waals surface area contributed by atoms with Crippen LogP contribution >= 0.6 is 0 Å². The Hall–Kier alpha value is -1.02. The maximum atomic E-state index is 3.65. The normalized spacial score (nSPS) is 21.2. The van der Waals surface area contributed by atoms with Gasteiger partial charge in [-0.05, 0) is 44.0 Å². The zero-order valence-electron chi connectivity index (χ0n) is 11.9. The van der Waals surface area contributed by atoms with E-state index >= 15 is 0 Å². The highest BCUT2D eigenvalue weighted by Crippen LogP contribution is 2.24. The van der Waals surface area contributed by atoms with E-state index in [0.717, 1.165) is 6.54 Å². The largest absolute Gasteiger partial charge is 0.383 e. The van der Waals surface area contributed by atoms with Crippen molar-refractivity contribution >= 4 is 5.69 Å². The molecule has 1 saturated heterocycles. The Bertz CT molecular complexity index is 373. The van der Waals surface area contributed by atoms with Gasteiger partial charge < -0.3 is 10.2 Å². The van der Waals surface area contributed by atoms with Crippen molar-refractivity contribution in [1.82, 2.24) is 4.90 Å². The molecular weight excluding hydrogens is 220 g/mol. The van der Waals surface area contributed by atoms with Crippen LogP contribution in [0.15, 0.2) is 24.3 Å². The SMILES string of the molecule is CC(C)c1ccccc1NCC1CCCCN1C. The number of para-hydroxylation sites is 1. The second-order valence-electron chi connectivity index (χ2n) is 5.75. The summed E-state index contributed by atoms with van der Waals surface area (Å²) < 4.78 is 0. The second-order valence-corrected chi connectivity index (χ2v) is 5.75. The predicted molar refractivity (Wildman–Crippen MR) is 79.3 cm³/mol. The van der Waals surface area contributed by atoms with Gasteiger partial charge in [0.25, 0.3) is 0 Å². The van der Waals surface area contributed by atoms with E-state index in [-0.39, 0.29) is 0 Å². The van der Waals surface area contributed by atoms with Gasteiger partial charge in [-0.25, -0.2) is 0 Å². The molecule has 0 spiro atoms. The standard InChI is InChI=1S/C16H26N2/c1-13(2)15-9-4-5-10-16(15)17-12-14-8-6-7-11-18(14)3/h4-5,9-10,13-14,17H,6-8,11-12H2,1-3H3. The molecule has 1 N–H and O–H groups in total. The highest BCUT2D eigenvalue weighted by Gasteiger charge is 2.18. The molecule has 0 bridgehead atoms. The van der Waals surface area contributed by atoms with E-state index in [4.69, 9.17) is 0 Å². The van der Waals surface area contributed by atoms with E-state index in [1.165, 1.54) is 37.1 Å². The molecule has 2 nitrogen and oxygen atoms in total. The van der Waals surface area contributed by atoms with Gasteiger partial charge in [-0.1, -0.05) is 38.5 Å². The number of likely N-dealkylation sites (tertiary alicyclic amines) is 1. The van der Waals surface area contributed by atoms with Crippen molar-refractivity contribution < 1.29 is 0 Å². The van der Waals surface area contributed by atoms with Crippen LogP contribution in [0.5, 0.6) is 0 Å². The number of nitrogens with zero attached hydrogens (tertiary/aromatic N) is 1. The average Bonchev–Trinajstić information content (AvgIpc) is 2.38. The van der Waals surface area contributed by atoms with Crippen molar-refractivity contribution in [3.63, 3.8) is 0 Å². The van der Waals surface area contributed by atoms with Gasteiger partial charge in [-0.3, -0.25) is 0 Å². The van der Waals surface area contributed by atoms with Gasteiger partial charge in [-0.2, -0.15) is 0 Å². The van der Waals surface area contributed by atoms with Gasteiger partial charge in [0.2, 0.25) is 0 Å². The zero-order valence-corrected chi connectivity index (χ0v) is 11.9. The molecule has 1 aromatic rings. The minimum Gasteiger partial charge on any atom is -0.383 e. The lowest BCUT2D eigenvalue weighted by molar-refractivity contribution is 0.194. The zero-order chi connectivity index (χ0) is 13.0. The van der Waals surface area contributed by atoms with Gasteiger partial charge in [-0.15, -0.1) is 0 Å². The molecule has 100 valence electrons. The molecule has 0 saturated carbocycles. The molecular formula is C16H26N2. The second kappa shape index (κ2) is 6.24. The van der Waals surface area contributed by atoms with Gasteiger partial charge >= 0.3 is 0 Å². The van der Waals surface area contributed by atoms with Crippen LogP contribution in [0.2, 0.25) is 0 Å². The molecule has 1 unspecified atom stereocenters. The molecule has 1 atom stereocenters. The maximum Gasteiger partial charge on any atom is 0.0375 e. The first-order chi connectivity index (χ1) is 8.68. The molecule has 18 heavy (non-hydrogen) atoms. The van der Waals surface area contributed by atoms with Crippen molar-refractivity contribution in [2.75, 3.05) is 25.5 Å². The number of hydrogen-bond donors (Lipinski definition) is 1. The molecule has 1 fully saturated rings. The molecule has 0 aliphatic carbocycles. The Labute approximate surface area is 111 Å². The molecule has 0 amide bonds. The number of hydrogen-bond acceptors (Lipinski definition) is 2. The van der Waals surface area contributed by atoms with Crippen LogP contribution in [0.3, 0.4) is 0 Å². The lowest BCUT2D eigenvalue weighted by atomic mass is 10.00. The van der Waals surface area contributed by atoms with Crippen LogP contribution < -0.4 is 5.32 Å². The first-order valence-corrected chi connectivity index (χ1v) is 7.21. The summed E-state index contributed by atoms with van der Waals surface area (Å²) in [5.41, 5.74) is 2.74. The fourth-order valence-electron chi connectivity index (χ4n) is 2.79. The lowest BCUT2D eigenvalue weighted by Crippen LogP contribution is -2.40. The average molecular weight is 246 g/mol. The molecule has 1 aromatic carbocycles. The Morgan fingerprint density at radius 3 is 2.78 bits per heavy atom. The number of piperidine rings is 1. The molecule has 0 radical (unpaired) electrons. The van der Waals surface area contributed by atoms with Crippen LogP contribution in [0.4, 0.5) is 5.69 Å². The van der Waals surface area contributed by atoms with Crippen LogP contribution in [0.25, 0.3) is 0 Å². The van der Waals surface area contributed by atoms with E-state index in [9.17, 15) is 0 Å². The molecule has 1 aliphatic heterocycles. The molecule has 1 heterocycles. The fourth-order valence-corrected chi connectivity index (χ4v) is 2.79. The summed E-state index contributed by atoms with van der Waals surface area (Å²) >= 11 is 0. The summed E-state index contributed by atoms with van der Waals surface area (Å²) in [5, 5.41) is 3.65. The quantitative estimate of drug-likeness (QED) is 0.871. The Morgan fingerprint density at radius 2 is 2.06 bits per heavy atom. The lowest BCUT2D eigenvalue weighted by Gasteiger charge is -2.33. The van der Waals surface area contributed by atoms with Crippen molar-refractivity contribution in [1.29, 1.82) is 0 Å². The minimum absolute atomic E-state index is 0.581. The third-order valence-electron chi connectivity index (χ3n) is 4.03. The van der Waals surface area contributed by atoms with E-state index in [0.29, 0.717) is 12.0 Å². The summed E-state index contributed by atoms with van der Waals surface area (Å²) in [6.07, 6.45) is 4.06. The number of rotatable bonds is 4. The molecule has 2 heteroatoms. The molecule has 1 aliphatic rings. The first-order valence-electron chi connectivity index (χ1n) is 7.21. The summed E-state index contributed by atoms with van der Waals surface area (Å²) in [7, 11) is 2.25. The third kappa shape index (κ3) is 3.26. The number of benzene rings is 1. The summed E-state index contributed by atoms with van der Waals surface area (Å²) in [4.78, 5) is 2.49. The fraction of sp³-hybridized carbons (Fsp3) is 0.625. The summed E-state index contributed by atoms with van der Waals surface area (Å²) in [6, 6.07) is 9.39. The molecule has 2 rings (SSSR count). The smallest absolute Gasteiger partial charge is 0.0375 e. The topological polar surface area (TPSA) is 15.3 Å². The number of anilines is 1. The van der Waals surface area contributed by atoms with Crippen LogP contribution in [0, 0.1) is 0 Å². The number of likely N-dealkylation sites (N-methyl/N-ethyl adjacent to an activating group) is 1.